The molecule has 1 amide bonds. The average molecular weight is 384 g/mol. The van der Waals surface area contributed by atoms with Crippen molar-refractivity contribution in [1.29, 1.82) is 5.26 Å². The summed E-state index contributed by atoms with van der Waals surface area (Å²) >= 11 is 2.62. The summed E-state index contributed by atoms with van der Waals surface area (Å²) < 4.78 is 0. The normalized spacial score (nSPS) is 10.7. The quantitative estimate of drug-likeness (QED) is 0.673. The summed E-state index contributed by atoms with van der Waals surface area (Å²) in [6.45, 7) is 6.03. The smallest absolute Gasteiger partial charge is 0.236 e. The molecule has 0 radical (unpaired) electrons. The zero-order valence-electron chi connectivity index (χ0n) is 14.7. The number of fused-ring (bicyclic) bond motifs is 1. The first-order valence-corrected chi connectivity index (χ1v) is 9.88. The van der Waals surface area contributed by atoms with Crippen molar-refractivity contribution >= 4 is 45.0 Å². The highest BCUT2D eigenvalue weighted by atomic mass is 32.2. The average Bonchev–Trinajstić information content (AvgIpc) is 3.10. The monoisotopic (exact) mass is 383 g/mol. The largest absolute Gasteiger partial charge is 0.300 e. The van der Waals surface area contributed by atoms with Crippen LogP contribution in [0.3, 0.4) is 0 Å². The molecular weight excluding hydrogens is 366 g/mol. The van der Waals surface area contributed by atoms with Gasteiger partial charge in [-0.15, -0.1) is 10.2 Å². The first-order valence-electron chi connectivity index (χ1n) is 8.08. The number of hydrogen-bond donors (Lipinski definition) is 1. The van der Waals surface area contributed by atoms with E-state index in [1.807, 2.05) is 39.0 Å². The highest BCUT2D eigenvalue weighted by Crippen LogP contribution is 2.27. The van der Waals surface area contributed by atoms with E-state index in [-0.39, 0.29) is 11.7 Å². The van der Waals surface area contributed by atoms with Crippen molar-refractivity contribution in [3.8, 4) is 6.07 Å². The standard InChI is InChI=1S/C18H17N5OS2/c1-4-15-22-23-18(26-15)20-14(24)9-25-17-13(8-19)7-12-6-5-10(2)11(3)16(12)21-17/h5-7H,4,9H2,1-3H3,(H,20,23,24). The molecule has 1 aromatic carbocycles. The van der Waals surface area contributed by atoms with Crippen LogP contribution in [0.15, 0.2) is 23.2 Å². The Hall–Kier alpha value is -2.50. The van der Waals surface area contributed by atoms with E-state index in [4.69, 9.17) is 0 Å². The van der Waals surface area contributed by atoms with Crippen LogP contribution in [0.4, 0.5) is 5.13 Å². The minimum absolute atomic E-state index is 0.152. The second-order valence-corrected chi connectivity index (χ2v) is 7.75. The number of aromatic nitrogens is 3. The van der Waals surface area contributed by atoms with Gasteiger partial charge >= 0.3 is 0 Å². The minimum atomic E-state index is -0.194. The van der Waals surface area contributed by atoms with E-state index in [1.54, 1.807) is 0 Å². The van der Waals surface area contributed by atoms with Gasteiger partial charge in [0.15, 0.2) is 0 Å². The molecule has 6 nitrogen and oxygen atoms in total. The number of nitriles is 1. The SMILES string of the molecule is CCc1nnc(NC(=O)CSc2nc3c(C)c(C)ccc3cc2C#N)s1. The molecule has 2 heterocycles. The number of pyridine rings is 1. The molecule has 0 atom stereocenters. The fourth-order valence-electron chi connectivity index (χ4n) is 2.39. The van der Waals surface area contributed by atoms with Crippen LogP contribution < -0.4 is 5.32 Å². The Labute approximate surface area is 159 Å². The first kappa shape index (κ1) is 18.3. The number of thioether (sulfide) groups is 1. The first-order chi connectivity index (χ1) is 12.5. The van der Waals surface area contributed by atoms with E-state index in [2.05, 4.69) is 26.6 Å². The van der Waals surface area contributed by atoms with Gasteiger partial charge in [0.25, 0.3) is 0 Å². The van der Waals surface area contributed by atoms with Crippen molar-refractivity contribution in [2.45, 2.75) is 32.2 Å². The summed E-state index contributed by atoms with van der Waals surface area (Å²) in [5.41, 5.74) is 3.57. The van der Waals surface area contributed by atoms with Crippen LogP contribution in [0.5, 0.6) is 0 Å². The van der Waals surface area contributed by atoms with Crippen LogP contribution in [-0.4, -0.2) is 26.8 Å². The molecule has 26 heavy (non-hydrogen) atoms. The molecule has 0 spiro atoms. The molecule has 0 aliphatic heterocycles. The Morgan fingerprint density at radius 1 is 1.35 bits per heavy atom. The van der Waals surface area contributed by atoms with E-state index in [0.29, 0.717) is 15.7 Å². The lowest BCUT2D eigenvalue weighted by Gasteiger charge is -2.09. The zero-order valence-corrected chi connectivity index (χ0v) is 16.3. The third-order valence-electron chi connectivity index (χ3n) is 3.95. The molecule has 0 saturated carbocycles. The lowest BCUT2D eigenvalue weighted by Crippen LogP contribution is -2.14. The number of benzene rings is 1. The summed E-state index contributed by atoms with van der Waals surface area (Å²) in [6.07, 6.45) is 0.785. The van der Waals surface area contributed by atoms with Crippen LogP contribution in [0, 0.1) is 25.2 Å². The Kier molecular flexibility index (Phi) is 5.49. The molecule has 0 aliphatic rings. The van der Waals surface area contributed by atoms with Gasteiger partial charge in [-0.3, -0.25) is 10.1 Å². The Bertz CT molecular complexity index is 1020. The number of hydrogen-bond acceptors (Lipinski definition) is 7. The van der Waals surface area contributed by atoms with Gasteiger partial charge in [-0.1, -0.05) is 42.2 Å². The maximum Gasteiger partial charge on any atom is 0.236 e. The fraction of sp³-hybridized carbons (Fsp3) is 0.278. The summed E-state index contributed by atoms with van der Waals surface area (Å²) in [7, 11) is 0. The third-order valence-corrected chi connectivity index (χ3v) is 5.93. The highest BCUT2D eigenvalue weighted by Gasteiger charge is 2.13. The molecule has 0 fully saturated rings. The zero-order chi connectivity index (χ0) is 18.7. The Morgan fingerprint density at radius 2 is 2.15 bits per heavy atom. The van der Waals surface area contributed by atoms with E-state index in [0.717, 1.165) is 33.5 Å². The van der Waals surface area contributed by atoms with Crippen LogP contribution >= 0.6 is 23.1 Å². The van der Waals surface area contributed by atoms with E-state index in [1.165, 1.54) is 23.1 Å². The summed E-state index contributed by atoms with van der Waals surface area (Å²) in [5.74, 6) is -0.0421. The molecule has 132 valence electrons. The van der Waals surface area contributed by atoms with Crippen molar-refractivity contribution in [2.24, 2.45) is 0 Å². The lowest BCUT2D eigenvalue weighted by molar-refractivity contribution is -0.113. The predicted octanol–water partition coefficient (Wildman–Crippen LogP) is 3.87. The molecule has 1 N–H and O–H groups in total. The number of amides is 1. The Balaban J connectivity index is 1.78. The van der Waals surface area contributed by atoms with E-state index >= 15 is 0 Å². The number of aryl methyl sites for hydroxylation is 3. The number of rotatable bonds is 5. The molecule has 0 aliphatic carbocycles. The van der Waals surface area contributed by atoms with Gasteiger partial charge in [0, 0.05) is 5.39 Å². The maximum absolute atomic E-state index is 12.2. The van der Waals surface area contributed by atoms with Crippen LogP contribution in [0.25, 0.3) is 10.9 Å². The second kappa shape index (κ2) is 7.81. The second-order valence-electron chi connectivity index (χ2n) is 5.72. The van der Waals surface area contributed by atoms with Crippen molar-refractivity contribution < 1.29 is 4.79 Å². The van der Waals surface area contributed by atoms with Crippen molar-refractivity contribution in [3.63, 3.8) is 0 Å². The van der Waals surface area contributed by atoms with Gasteiger partial charge in [-0.2, -0.15) is 5.26 Å². The van der Waals surface area contributed by atoms with Crippen molar-refractivity contribution in [3.05, 3.63) is 39.9 Å². The molecule has 0 unspecified atom stereocenters. The van der Waals surface area contributed by atoms with Crippen molar-refractivity contribution in [2.75, 3.05) is 11.1 Å². The van der Waals surface area contributed by atoms with Crippen LogP contribution in [0.1, 0.15) is 28.6 Å². The number of carbonyl (C=O) groups is 1. The topological polar surface area (TPSA) is 91.6 Å². The molecule has 0 bridgehead atoms. The molecule has 0 saturated heterocycles. The van der Waals surface area contributed by atoms with Gasteiger partial charge in [-0.25, -0.2) is 4.98 Å². The molecule has 8 heteroatoms. The summed E-state index contributed by atoms with van der Waals surface area (Å²) in [6, 6.07) is 7.98. The molecule has 2 aromatic heterocycles. The number of carbonyl (C=O) groups excluding carboxylic acids is 1. The molecule has 3 rings (SSSR count). The van der Waals surface area contributed by atoms with Crippen LogP contribution in [0.2, 0.25) is 0 Å². The van der Waals surface area contributed by atoms with Crippen molar-refractivity contribution in [1.82, 2.24) is 15.2 Å². The van der Waals surface area contributed by atoms with E-state index in [9.17, 15) is 10.1 Å². The third kappa shape index (κ3) is 3.84. The van der Waals surface area contributed by atoms with Crippen LogP contribution in [-0.2, 0) is 11.2 Å². The van der Waals surface area contributed by atoms with Gasteiger partial charge in [0.1, 0.15) is 16.1 Å². The van der Waals surface area contributed by atoms with Gasteiger partial charge in [-0.05, 0) is 37.5 Å². The summed E-state index contributed by atoms with van der Waals surface area (Å²) in [4.78, 5) is 16.8. The fourth-order valence-corrected chi connectivity index (χ4v) is 3.84. The highest BCUT2D eigenvalue weighted by molar-refractivity contribution is 8.00. The molecular formula is C18H17N5OS2. The van der Waals surface area contributed by atoms with Gasteiger partial charge < -0.3 is 0 Å². The van der Waals surface area contributed by atoms with Gasteiger partial charge in [0.05, 0.1) is 16.8 Å². The number of nitrogens with one attached hydrogen (secondary N) is 1. The molecule has 3 aromatic rings. The van der Waals surface area contributed by atoms with E-state index < -0.39 is 0 Å². The Morgan fingerprint density at radius 3 is 2.85 bits per heavy atom. The maximum atomic E-state index is 12.2. The van der Waals surface area contributed by atoms with Gasteiger partial charge in [0.2, 0.25) is 11.0 Å². The lowest BCUT2D eigenvalue weighted by atomic mass is 10.0. The number of nitrogens with zero attached hydrogens (tertiary/aromatic N) is 4. The number of anilines is 1. The minimum Gasteiger partial charge on any atom is -0.300 e. The predicted molar refractivity (Wildman–Crippen MR) is 105 cm³/mol. The summed E-state index contributed by atoms with van der Waals surface area (Å²) in [5, 5.41) is 22.9.